The minimum absolute atomic E-state index is 0.103. The molecule has 4 nitrogen and oxygen atoms in total. The zero-order valence-corrected chi connectivity index (χ0v) is 8.87. The molecule has 0 radical (unpaired) electrons. The number of hydrogen-bond acceptors (Lipinski definition) is 3. The Balaban J connectivity index is 3.72. The first-order chi connectivity index (χ1) is 6.12. The highest BCUT2D eigenvalue weighted by atomic mass is 32.2. The average Bonchev–Trinajstić information content (AvgIpc) is 2.05. The molecule has 0 amide bonds. The van der Waals surface area contributed by atoms with Gasteiger partial charge in [0.1, 0.15) is 0 Å². The zero-order valence-electron chi connectivity index (χ0n) is 8.05. The van der Waals surface area contributed by atoms with Gasteiger partial charge in [0.25, 0.3) is 0 Å². The number of hydrogen-bond donors (Lipinski definition) is 2. The first-order valence-corrected chi connectivity index (χ1v) is 5.85. The Kier molecular flexibility index (Phi) is 6.59. The van der Waals surface area contributed by atoms with Crippen molar-refractivity contribution in [1.29, 1.82) is 0 Å². The van der Waals surface area contributed by atoms with Gasteiger partial charge in [0.15, 0.2) is 0 Å². The van der Waals surface area contributed by atoms with Crippen LogP contribution in [0.3, 0.4) is 0 Å². The van der Waals surface area contributed by atoms with E-state index in [2.05, 4.69) is 21.9 Å². The molecule has 0 atom stereocenters. The van der Waals surface area contributed by atoms with Gasteiger partial charge < -0.3 is 5.32 Å². The average molecular weight is 204 g/mol. The first kappa shape index (κ1) is 12.4. The summed E-state index contributed by atoms with van der Waals surface area (Å²) in [4.78, 5) is 0. The normalized spacial score (nSPS) is 10.6. The van der Waals surface area contributed by atoms with Crippen LogP contribution in [-0.2, 0) is 10.0 Å². The molecule has 0 aliphatic rings. The summed E-state index contributed by atoms with van der Waals surface area (Å²) in [6.45, 7) is 5.07. The second-order valence-electron chi connectivity index (χ2n) is 2.42. The Morgan fingerprint density at radius 1 is 1.38 bits per heavy atom. The Morgan fingerprint density at radius 3 is 2.62 bits per heavy atom. The molecule has 0 aromatic heterocycles. The highest BCUT2D eigenvalue weighted by Crippen LogP contribution is 1.80. The molecule has 76 valence electrons. The van der Waals surface area contributed by atoms with E-state index in [0.29, 0.717) is 6.54 Å². The van der Waals surface area contributed by atoms with Crippen LogP contribution in [0, 0.1) is 11.8 Å². The molecule has 2 N–H and O–H groups in total. The van der Waals surface area contributed by atoms with E-state index in [4.69, 9.17) is 0 Å². The van der Waals surface area contributed by atoms with Gasteiger partial charge in [0, 0.05) is 6.54 Å². The Labute approximate surface area is 80.2 Å². The van der Waals surface area contributed by atoms with E-state index in [1.54, 1.807) is 6.92 Å². The van der Waals surface area contributed by atoms with Crippen LogP contribution in [0.1, 0.15) is 13.8 Å². The summed E-state index contributed by atoms with van der Waals surface area (Å²) < 4.78 is 24.7. The van der Waals surface area contributed by atoms with Gasteiger partial charge in [-0.15, -0.1) is 5.92 Å². The molecular formula is C8H16N2O2S. The summed E-state index contributed by atoms with van der Waals surface area (Å²) >= 11 is 0. The van der Waals surface area contributed by atoms with Gasteiger partial charge in [-0.05, 0) is 13.5 Å². The maximum absolute atomic E-state index is 11.2. The Bertz CT molecular complexity index is 274. The van der Waals surface area contributed by atoms with E-state index in [1.807, 2.05) is 6.92 Å². The fourth-order valence-corrected chi connectivity index (χ4v) is 1.54. The van der Waals surface area contributed by atoms with Crippen LogP contribution >= 0.6 is 0 Å². The maximum atomic E-state index is 11.2. The van der Waals surface area contributed by atoms with E-state index in [-0.39, 0.29) is 12.3 Å². The van der Waals surface area contributed by atoms with Gasteiger partial charge in [-0.25, -0.2) is 13.1 Å². The number of nitrogens with one attached hydrogen (secondary N) is 2. The van der Waals surface area contributed by atoms with Crippen molar-refractivity contribution in [2.24, 2.45) is 0 Å². The van der Waals surface area contributed by atoms with Crippen LogP contribution < -0.4 is 10.0 Å². The van der Waals surface area contributed by atoms with Crippen LogP contribution in [0.4, 0.5) is 0 Å². The molecule has 13 heavy (non-hydrogen) atoms. The molecule has 0 fully saturated rings. The van der Waals surface area contributed by atoms with E-state index in [0.717, 1.165) is 6.54 Å². The molecular weight excluding hydrogens is 188 g/mol. The monoisotopic (exact) mass is 204 g/mol. The molecule has 0 aromatic carbocycles. The maximum Gasteiger partial charge on any atom is 0.213 e. The van der Waals surface area contributed by atoms with Crippen molar-refractivity contribution in [3.8, 4) is 11.8 Å². The quantitative estimate of drug-likeness (QED) is 0.454. The molecule has 0 aromatic rings. The van der Waals surface area contributed by atoms with Crippen LogP contribution in [0.5, 0.6) is 0 Å². The van der Waals surface area contributed by atoms with Crippen molar-refractivity contribution in [3.05, 3.63) is 0 Å². The van der Waals surface area contributed by atoms with Crippen LogP contribution in [0.2, 0.25) is 0 Å². The van der Waals surface area contributed by atoms with Crippen molar-refractivity contribution < 1.29 is 8.42 Å². The third-order valence-corrected chi connectivity index (χ3v) is 2.68. The highest BCUT2D eigenvalue weighted by molar-refractivity contribution is 7.89. The van der Waals surface area contributed by atoms with E-state index < -0.39 is 10.0 Å². The summed E-state index contributed by atoms with van der Waals surface area (Å²) in [6.07, 6.45) is 0. The van der Waals surface area contributed by atoms with Gasteiger partial charge >= 0.3 is 0 Å². The molecule has 5 heteroatoms. The SMILES string of the molecule is CC#CCNS(=O)(=O)CCNCC. The van der Waals surface area contributed by atoms with Crippen LogP contribution in [-0.4, -0.2) is 33.8 Å². The fraction of sp³-hybridized carbons (Fsp3) is 0.750. The van der Waals surface area contributed by atoms with Gasteiger partial charge in [-0.1, -0.05) is 12.8 Å². The first-order valence-electron chi connectivity index (χ1n) is 4.20. The number of rotatable bonds is 6. The highest BCUT2D eigenvalue weighted by Gasteiger charge is 2.06. The summed E-state index contributed by atoms with van der Waals surface area (Å²) in [5.41, 5.74) is 0. The smallest absolute Gasteiger partial charge is 0.213 e. The lowest BCUT2D eigenvalue weighted by atomic mass is 10.6. The summed E-state index contributed by atoms with van der Waals surface area (Å²) in [6, 6.07) is 0. The predicted molar refractivity (Wildman–Crippen MR) is 53.8 cm³/mol. The summed E-state index contributed by atoms with van der Waals surface area (Å²) in [5, 5.41) is 2.94. The van der Waals surface area contributed by atoms with Gasteiger partial charge in [-0.2, -0.15) is 0 Å². The van der Waals surface area contributed by atoms with Crippen molar-refractivity contribution in [2.75, 3.05) is 25.4 Å². The second kappa shape index (κ2) is 6.89. The molecule has 0 aliphatic heterocycles. The van der Waals surface area contributed by atoms with Crippen LogP contribution in [0.15, 0.2) is 0 Å². The van der Waals surface area contributed by atoms with E-state index >= 15 is 0 Å². The Hall–Kier alpha value is -0.570. The molecule has 0 spiro atoms. The molecule has 0 heterocycles. The lowest BCUT2D eigenvalue weighted by molar-refractivity contribution is 0.582. The molecule has 0 rings (SSSR count). The largest absolute Gasteiger partial charge is 0.316 e. The van der Waals surface area contributed by atoms with E-state index in [1.165, 1.54) is 0 Å². The second-order valence-corrected chi connectivity index (χ2v) is 4.35. The summed E-state index contributed by atoms with van der Waals surface area (Å²) in [5.74, 6) is 5.35. The van der Waals surface area contributed by atoms with Gasteiger partial charge in [0.05, 0.1) is 12.3 Å². The minimum atomic E-state index is -3.14. The lowest BCUT2D eigenvalue weighted by Crippen LogP contribution is -2.32. The van der Waals surface area contributed by atoms with Crippen molar-refractivity contribution in [2.45, 2.75) is 13.8 Å². The summed E-state index contributed by atoms with van der Waals surface area (Å²) in [7, 11) is -3.14. The van der Waals surface area contributed by atoms with Gasteiger partial charge in [-0.3, -0.25) is 0 Å². The van der Waals surface area contributed by atoms with Crippen molar-refractivity contribution in [3.63, 3.8) is 0 Å². The van der Waals surface area contributed by atoms with Crippen molar-refractivity contribution in [1.82, 2.24) is 10.0 Å². The fourth-order valence-electron chi connectivity index (χ4n) is 0.690. The van der Waals surface area contributed by atoms with Crippen LogP contribution in [0.25, 0.3) is 0 Å². The van der Waals surface area contributed by atoms with E-state index in [9.17, 15) is 8.42 Å². The third kappa shape index (κ3) is 7.78. The Morgan fingerprint density at radius 2 is 2.08 bits per heavy atom. The zero-order chi connectivity index (χ0) is 10.2. The topological polar surface area (TPSA) is 58.2 Å². The molecule has 0 unspecified atom stereocenters. The molecule has 0 saturated heterocycles. The standard InChI is InChI=1S/C8H16N2O2S/c1-3-5-6-10-13(11,12)8-7-9-4-2/h9-10H,4,6-8H2,1-2H3. The predicted octanol–water partition coefficient (Wildman–Crippen LogP) is -0.461. The molecule has 0 bridgehead atoms. The minimum Gasteiger partial charge on any atom is -0.316 e. The van der Waals surface area contributed by atoms with Crippen molar-refractivity contribution >= 4 is 10.0 Å². The number of sulfonamides is 1. The lowest BCUT2D eigenvalue weighted by Gasteiger charge is -2.03. The van der Waals surface area contributed by atoms with Gasteiger partial charge in [0.2, 0.25) is 10.0 Å². The molecule has 0 aliphatic carbocycles. The third-order valence-electron chi connectivity index (χ3n) is 1.35. The molecule has 0 saturated carbocycles.